The lowest BCUT2D eigenvalue weighted by Crippen LogP contribution is -2.54. The van der Waals surface area contributed by atoms with E-state index in [9.17, 15) is 9.90 Å². The van der Waals surface area contributed by atoms with E-state index in [0.29, 0.717) is 82.9 Å². The van der Waals surface area contributed by atoms with E-state index in [2.05, 4.69) is 61.3 Å². The number of methoxy groups -OCH3 is 3. The Kier molecular flexibility index (Phi) is 9.96. The average molecular weight is 710 g/mol. The number of ether oxygens (including phenoxy) is 6. The summed E-state index contributed by atoms with van der Waals surface area (Å²) in [5.74, 6) is 4.09. The molecule has 0 saturated heterocycles. The fourth-order valence-corrected chi connectivity index (χ4v) is 8.16. The number of rotatable bonds is 8. The van der Waals surface area contributed by atoms with Gasteiger partial charge in [0.1, 0.15) is 11.8 Å². The van der Waals surface area contributed by atoms with Crippen molar-refractivity contribution < 1.29 is 42.8 Å². The second-order valence-electron chi connectivity index (χ2n) is 14.4. The number of nitrogens with zero attached hydrogens (tertiary/aromatic N) is 2. The van der Waals surface area contributed by atoms with Gasteiger partial charge in [-0.15, -0.1) is 0 Å². The van der Waals surface area contributed by atoms with Gasteiger partial charge < -0.3 is 38.0 Å². The normalized spacial score (nSPS) is 20.7. The number of carbonyl (C=O) groups is 1. The van der Waals surface area contributed by atoms with Crippen LogP contribution >= 0.6 is 0 Å². The van der Waals surface area contributed by atoms with Gasteiger partial charge in [-0.05, 0) is 91.0 Å². The minimum atomic E-state index is -0.828. The van der Waals surface area contributed by atoms with Crippen molar-refractivity contribution in [2.75, 3.05) is 61.7 Å². The number of benzene rings is 4. The molecule has 0 radical (unpaired) electrons. The van der Waals surface area contributed by atoms with Crippen LogP contribution in [0.2, 0.25) is 0 Å². The molecule has 4 aliphatic rings. The lowest BCUT2D eigenvalue weighted by molar-refractivity contribution is -0.934. The van der Waals surface area contributed by atoms with Gasteiger partial charge in [0.05, 0.1) is 41.5 Å². The van der Waals surface area contributed by atoms with Gasteiger partial charge in [0.2, 0.25) is 5.75 Å². The first kappa shape index (κ1) is 35.5. The standard InChI is InChI=1S/C42H48N2O8/c1-7-18-50-41-38(49-6)23-29-14-16-43(2)32-19-27-10-13-34(47-4)36(21-27)51-30-11-8-26(9-12-30)20-33-31-24-37(52-42(41)40(29)32)35(48-5)22-28(31)15-17-44(33,3)25-39(45)46/h8-13,21-24,32-33H,7,14-20,25H2,1-6H3/p+1. The van der Waals surface area contributed by atoms with E-state index in [1.807, 2.05) is 25.2 Å². The minimum absolute atomic E-state index is 0.00390. The van der Waals surface area contributed by atoms with E-state index >= 15 is 0 Å². The van der Waals surface area contributed by atoms with Crippen LogP contribution in [0.25, 0.3) is 0 Å². The fraction of sp³-hybridized carbons (Fsp3) is 0.405. The Labute approximate surface area is 306 Å². The SMILES string of the molecule is CCCOc1c(OC)cc2c3c1Oc1cc4c(cc1OC)CC[N+](C)(CC(=O)O)C4Cc1ccc(cc1)Oc1cc(ccc1OC)CC3N(C)CC2. The van der Waals surface area contributed by atoms with Gasteiger partial charge in [-0.1, -0.05) is 25.1 Å². The van der Waals surface area contributed by atoms with Crippen molar-refractivity contribution in [2.24, 2.45) is 0 Å². The number of fused-ring (bicyclic) bond motifs is 2. The van der Waals surface area contributed by atoms with Crippen LogP contribution in [-0.4, -0.2) is 82.1 Å². The highest BCUT2D eigenvalue weighted by Gasteiger charge is 2.42. The molecule has 4 aromatic carbocycles. The summed E-state index contributed by atoms with van der Waals surface area (Å²) in [7, 11) is 9.17. The monoisotopic (exact) mass is 709 g/mol. The van der Waals surface area contributed by atoms with Crippen LogP contribution < -0.4 is 28.4 Å². The predicted octanol–water partition coefficient (Wildman–Crippen LogP) is 7.54. The van der Waals surface area contributed by atoms with Gasteiger partial charge in [0.25, 0.3) is 0 Å². The smallest absolute Gasteiger partial charge is 0.359 e. The van der Waals surface area contributed by atoms with Gasteiger partial charge in [-0.3, -0.25) is 4.90 Å². The van der Waals surface area contributed by atoms with Crippen molar-refractivity contribution in [3.63, 3.8) is 0 Å². The molecule has 274 valence electrons. The molecule has 3 atom stereocenters. The zero-order valence-electron chi connectivity index (χ0n) is 31.0. The summed E-state index contributed by atoms with van der Waals surface area (Å²) in [5, 5.41) is 10.1. The Morgan fingerprint density at radius 2 is 1.58 bits per heavy atom. The second-order valence-corrected chi connectivity index (χ2v) is 14.4. The van der Waals surface area contributed by atoms with Gasteiger partial charge in [0.15, 0.2) is 41.0 Å². The molecule has 10 nitrogen and oxygen atoms in total. The predicted molar refractivity (Wildman–Crippen MR) is 198 cm³/mol. The molecule has 3 unspecified atom stereocenters. The first-order valence-corrected chi connectivity index (χ1v) is 18.1. The lowest BCUT2D eigenvalue weighted by atomic mass is 9.86. The Balaban J connectivity index is 1.49. The molecule has 6 bridgehead atoms. The molecule has 4 aliphatic heterocycles. The van der Waals surface area contributed by atoms with E-state index in [0.717, 1.165) is 52.8 Å². The number of aliphatic carboxylic acids is 1. The van der Waals surface area contributed by atoms with Crippen LogP contribution in [0.1, 0.15) is 58.8 Å². The molecule has 0 fully saturated rings. The summed E-state index contributed by atoms with van der Waals surface area (Å²) in [4.78, 5) is 14.7. The van der Waals surface area contributed by atoms with Crippen molar-refractivity contribution in [3.05, 3.63) is 94.0 Å². The number of carboxylic acid groups (broad SMARTS) is 1. The lowest BCUT2D eigenvalue weighted by Gasteiger charge is -2.45. The van der Waals surface area contributed by atoms with Gasteiger partial charge in [-0.25, -0.2) is 4.79 Å². The van der Waals surface area contributed by atoms with Gasteiger partial charge in [-0.2, -0.15) is 0 Å². The Morgan fingerprint density at radius 1 is 0.865 bits per heavy atom. The number of hydrogen-bond acceptors (Lipinski definition) is 8. The third-order valence-electron chi connectivity index (χ3n) is 11.0. The molecule has 4 heterocycles. The van der Waals surface area contributed by atoms with Crippen LogP contribution in [0.4, 0.5) is 0 Å². The summed E-state index contributed by atoms with van der Waals surface area (Å²) in [6.45, 7) is 4.09. The van der Waals surface area contributed by atoms with E-state index in [1.165, 1.54) is 0 Å². The Morgan fingerprint density at radius 3 is 2.29 bits per heavy atom. The van der Waals surface area contributed by atoms with Crippen molar-refractivity contribution >= 4 is 5.97 Å². The highest BCUT2D eigenvalue weighted by molar-refractivity contribution is 5.68. The molecule has 1 N–H and O–H groups in total. The Bertz CT molecular complexity index is 1960. The second kappa shape index (κ2) is 14.6. The fourth-order valence-electron chi connectivity index (χ4n) is 8.16. The summed E-state index contributed by atoms with van der Waals surface area (Å²) in [6, 6.07) is 20.2. The van der Waals surface area contributed by atoms with E-state index in [1.54, 1.807) is 21.3 Å². The van der Waals surface area contributed by atoms with E-state index < -0.39 is 5.97 Å². The molecular weight excluding hydrogens is 660 g/mol. The third kappa shape index (κ3) is 6.73. The first-order valence-electron chi connectivity index (χ1n) is 18.1. The number of carboxylic acids is 1. The van der Waals surface area contributed by atoms with Crippen molar-refractivity contribution in [3.8, 4) is 46.0 Å². The molecule has 4 aromatic rings. The molecule has 0 spiro atoms. The summed E-state index contributed by atoms with van der Waals surface area (Å²) < 4.78 is 38.2. The van der Waals surface area contributed by atoms with Crippen LogP contribution in [0.3, 0.4) is 0 Å². The highest BCUT2D eigenvalue weighted by Crippen LogP contribution is 2.52. The molecule has 8 rings (SSSR count). The van der Waals surface area contributed by atoms with Crippen molar-refractivity contribution in [1.29, 1.82) is 0 Å². The van der Waals surface area contributed by atoms with Gasteiger partial charge in [0, 0.05) is 36.6 Å². The summed E-state index contributed by atoms with van der Waals surface area (Å²) in [5.41, 5.74) is 6.51. The maximum Gasteiger partial charge on any atom is 0.359 e. The van der Waals surface area contributed by atoms with Crippen molar-refractivity contribution in [2.45, 2.75) is 51.1 Å². The van der Waals surface area contributed by atoms with Crippen LogP contribution in [-0.2, 0) is 30.5 Å². The zero-order valence-corrected chi connectivity index (χ0v) is 31.0. The van der Waals surface area contributed by atoms with Gasteiger partial charge >= 0.3 is 5.97 Å². The summed E-state index contributed by atoms with van der Waals surface area (Å²) >= 11 is 0. The molecule has 10 heteroatoms. The quantitative estimate of drug-likeness (QED) is 0.186. The molecular formula is C42H49N2O8+. The van der Waals surface area contributed by atoms with Crippen LogP contribution in [0.5, 0.6) is 46.0 Å². The molecule has 0 saturated carbocycles. The number of quaternary nitrogens is 1. The Hall–Kier alpha value is -4.93. The first-order chi connectivity index (χ1) is 25.1. The van der Waals surface area contributed by atoms with Crippen LogP contribution in [0, 0.1) is 0 Å². The summed E-state index contributed by atoms with van der Waals surface area (Å²) in [6.07, 6.45) is 3.62. The van der Waals surface area contributed by atoms with E-state index in [-0.39, 0.29) is 18.6 Å². The topological polar surface area (TPSA) is 95.9 Å². The number of hydrogen-bond donors (Lipinski definition) is 1. The largest absolute Gasteiger partial charge is 0.493 e. The number of likely N-dealkylation sites (N-methyl/N-ethyl adjacent to an activating group) is 2. The van der Waals surface area contributed by atoms with Crippen molar-refractivity contribution in [1.82, 2.24) is 4.90 Å². The maximum atomic E-state index is 12.3. The molecule has 0 aliphatic carbocycles. The average Bonchev–Trinajstić information content (AvgIpc) is 3.13. The van der Waals surface area contributed by atoms with Crippen LogP contribution in [0.15, 0.2) is 60.7 Å². The maximum absolute atomic E-state index is 12.3. The molecule has 0 amide bonds. The highest BCUT2D eigenvalue weighted by atomic mass is 16.6. The molecule has 52 heavy (non-hydrogen) atoms. The third-order valence-corrected chi connectivity index (χ3v) is 11.0. The van der Waals surface area contributed by atoms with E-state index in [4.69, 9.17) is 28.4 Å². The molecule has 0 aromatic heterocycles. The zero-order chi connectivity index (χ0) is 36.6. The minimum Gasteiger partial charge on any atom is -0.493 e.